The van der Waals surface area contributed by atoms with E-state index in [0.29, 0.717) is 12.1 Å². The zero-order valence-electron chi connectivity index (χ0n) is 11.9. The number of benzene rings is 2. The average molecular weight is 299 g/mol. The third-order valence-electron chi connectivity index (χ3n) is 3.12. The first kappa shape index (κ1) is 14.1. The molecule has 1 heterocycles. The molecule has 6 heteroatoms. The first-order valence-corrected chi connectivity index (χ1v) is 6.71. The van der Waals surface area contributed by atoms with Crippen molar-refractivity contribution in [2.24, 2.45) is 0 Å². The molecule has 0 aliphatic carbocycles. The summed E-state index contributed by atoms with van der Waals surface area (Å²) in [6.07, 6.45) is 0. The number of halogens is 1. The highest BCUT2D eigenvalue weighted by Gasteiger charge is 2.11. The van der Waals surface area contributed by atoms with Gasteiger partial charge in [-0.25, -0.2) is 4.39 Å². The van der Waals surface area contributed by atoms with Gasteiger partial charge in [0.15, 0.2) is 0 Å². The lowest BCUT2D eigenvalue weighted by molar-refractivity contribution is 0.414. The fourth-order valence-electron chi connectivity index (χ4n) is 2.01. The average Bonchev–Trinajstić information content (AvgIpc) is 3.02. The smallest absolute Gasteiger partial charge is 0.322 e. The van der Waals surface area contributed by atoms with Gasteiger partial charge in [0.2, 0.25) is 5.82 Å². The molecular formula is C16H14FN3O2. The number of aromatic nitrogens is 2. The van der Waals surface area contributed by atoms with Crippen LogP contribution in [0.1, 0.15) is 5.56 Å². The number of hydrogen-bond acceptors (Lipinski definition) is 5. The van der Waals surface area contributed by atoms with Crippen molar-refractivity contribution in [2.45, 2.75) is 6.54 Å². The van der Waals surface area contributed by atoms with Crippen LogP contribution < -0.4 is 10.1 Å². The Morgan fingerprint density at radius 2 is 2.05 bits per heavy atom. The van der Waals surface area contributed by atoms with Crippen molar-refractivity contribution < 1.29 is 13.7 Å². The molecule has 3 rings (SSSR count). The van der Waals surface area contributed by atoms with Crippen LogP contribution in [0, 0.1) is 5.82 Å². The summed E-state index contributed by atoms with van der Waals surface area (Å²) in [5.74, 6) is 0.603. The van der Waals surface area contributed by atoms with Gasteiger partial charge in [-0.15, -0.1) is 0 Å². The maximum Gasteiger partial charge on any atom is 0.322 e. The van der Waals surface area contributed by atoms with E-state index in [1.54, 1.807) is 25.3 Å². The summed E-state index contributed by atoms with van der Waals surface area (Å²) in [5.41, 5.74) is 1.31. The molecule has 0 amide bonds. The van der Waals surface area contributed by atoms with Crippen molar-refractivity contribution in [3.63, 3.8) is 0 Å². The van der Waals surface area contributed by atoms with Crippen molar-refractivity contribution in [3.8, 4) is 17.1 Å². The molecule has 0 saturated heterocycles. The molecule has 3 aromatic rings. The standard InChI is InChI=1S/C16H14FN3O2/c1-21-12-6-4-5-11(9-12)10-18-16-19-15(20-22-16)13-7-2-3-8-14(13)17/h2-9H,10H2,1H3,(H,18,19,20). The van der Waals surface area contributed by atoms with Crippen molar-refractivity contribution in [2.75, 3.05) is 12.4 Å². The number of ether oxygens (including phenoxy) is 1. The van der Waals surface area contributed by atoms with E-state index in [-0.39, 0.29) is 17.7 Å². The van der Waals surface area contributed by atoms with Crippen LogP contribution >= 0.6 is 0 Å². The van der Waals surface area contributed by atoms with Crippen LogP contribution in [-0.4, -0.2) is 17.3 Å². The van der Waals surface area contributed by atoms with E-state index < -0.39 is 0 Å². The number of rotatable bonds is 5. The quantitative estimate of drug-likeness (QED) is 0.781. The summed E-state index contributed by atoms with van der Waals surface area (Å²) in [4.78, 5) is 4.14. The highest BCUT2D eigenvalue weighted by Crippen LogP contribution is 2.21. The molecule has 0 radical (unpaired) electrons. The topological polar surface area (TPSA) is 60.2 Å². The van der Waals surface area contributed by atoms with Crippen LogP contribution in [0.25, 0.3) is 11.4 Å². The fourth-order valence-corrected chi connectivity index (χ4v) is 2.01. The van der Waals surface area contributed by atoms with Crippen LogP contribution in [0.4, 0.5) is 10.4 Å². The van der Waals surface area contributed by atoms with Crippen LogP contribution in [0.2, 0.25) is 0 Å². The number of hydrogen-bond donors (Lipinski definition) is 1. The number of methoxy groups -OCH3 is 1. The van der Waals surface area contributed by atoms with Gasteiger partial charge in [0.05, 0.1) is 12.7 Å². The van der Waals surface area contributed by atoms with Gasteiger partial charge >= 0.3 is 6.01 Å². The minimum absolute atomic E-state index is 0.214. The van der Waals surface area contributed by atoms with Crippen molar-refractivity contribution >= 4 is 6.01 Å². The Morgan fingerprint density at radius 3 is 2.86 bits per heavy atom. The molecule has 5 nitrogen and oxygen atoms in total. The van der Waals surface area contributed by atoms with E-state index in [1.807, 2.05) is 24.3 Å². The highest BCUT2D eigenvalue weighted by molar-refractivity contribution is 5.56. The molecule has 0 atom stereocenters. The highest BCUT2D eigenvalue weighted by atomic mass is 19.1. The van der Waals surface area contributed by atoms with E-state index in [2.05, 4.69) is 15.5 Å². The summed E-state index contributed by atoms with van der Waals surface area (Å²) in [5, 5.41) is 6.78. The molecule has 1 aromatic heterocycles. The molecule has 2 aromatic carbocycles. The second-order valence-corrected chi connectivity index (χ2v) is 4.61. The molecule has 0 aliphatic rings. The summed E-state index contributed by atoms with van der Waals surface area (Å²) >= 11 is 0. The second kappa shape index (κ2) is 6.26. The van der Waals surface area contributed by atoms with E-state index in [9.17, 15) is 4.39 Å². The minimum atomic E-state index is -0.386. The lowest BCUT2D eigenvalue weighted by atomic mass is 10.2. The Bertz CT molecular complexity index is 773. The Hall–Kier alpha value is -2.89. The third kappa shape index (κ3) is 3.06. The number of nitrogens with zero attached hydrogens (tertiary/aromatic N) is 2. The predicted octanol–water partition coefficient (Wildman–Crippen LogP) is 3.50. The van der Waals surface area contributed by atoms with Crippen LogP contribution in [-0.2, 0) is 6.54 Å². The maximum atomic E-state index is 13.7. The molecule has 0 saturated carbocycles. The lowest BCUT2D eigenvalue weighted by Gasteiger charge is -2.04. The summed E-state index contributed by atoms with van der Waals surface area (Å²) < 4.78 is 23.9. The molecule has 0 aliphatic heterocycles. The molecule has 0 unspecified atom stereocenters. The Labute approximate surface area is 126 Å². The van der Waals surface area contributed by atoms with Crippen molar-refractivity contribution in [3.05, 3.63) is 59.9 Å². The van der Waals surface area contributed by atoms with E-state index in [1.165, 1.54) is 6.07 Å². The maximum absolute atomic E-state index is 13.7. The minimum Gasteiger partial charge on any atom is -0.497 e. The molecule has 0 bridgehead atoms. The monoisotopic (exact) mass is 299 g/mol. The Morgan fingerprint density at radius 1 is 1.18 bits per heavy atom. The predicted molar refractivity (Wildman–Crippen MR) is 80.0 cm³/mol. The Balaban J connectivity index is 1.71. The zero-order chi connectivity index (χ0) is 15.4. The van der Waals surface area contributed by atoms with E-state index in [4.69, 9.17) is 9.26 Å². The fraction of sp³-hybridized carbons (Fsp3) is 0.125. The molecule has 112 valence electrons. The van der Waals surface area contributed by atoms with Gasteiger partial charge in [0.25, 0.3) is 0 Å². The summed E-state index contributed by atoms with van der Waals surface area (Å²) in [7, 11) is 1.62. The molecule has 0 fully saturated rings. The second-order valence-electron chi connectivity index (χ2n) is 4.61. The molecular weight excluding hydrogens is 285 g/mol. The largest absolute Gasteiger partial charge is 0.497 e. The number of anilines is 1. The normalized spacial score (nSPS) is 10.5. The Kier molecular flexibility index (Phi) is 4.00. The van der Waals surface area contributed by atoms with Crippen LogP contribution in [0.5, 0.6) is 5.75 Å². The van der Waals surface area contributed by atoms with Crippen LogP contribution in [0.15, 0.2) is 53.1 Å². The molecule has 1 N–H and O–H groups in total. The molecule has 0 spiro atoms. The van der Waals surface area contributed by atoms with Crippen LogP contribution in [0.3, 0.4) is 0 Å². The van der Waals surface area contributed by atoms with Crippen molar-refractivity contribution in [1.29, 1.82) is 0 Å². The number of nitrogens with one attached hydrogen (secondary N) is 1. The van der Waals surface area contributed by atoms with Gasteiger partial charge in [-0.1, -0.05) is 29.4 Å². The van der Waals surface area contributed by atoms with Gasteiger partial charge in [0, 0.05) is 6.54 Å². The van der Waals surface area contributed by atoms with Gasteiger partial charge in [-0.05, 0) is 29.8 Å². The first-order valence-electron chi connectivity index (χ1n) is 6.71. The van der Waals surface area contributed by atoms with Gasteiger partial charge < -0.3 is 14.6 Å². The molecule has 22 heavy (non-hydrogen) atoms. The van der Waals surface area contributed by atoms with Crippen molar-refractivity contribution in [1.82, 2.24) is 10.1 Å². The van der Waals surface area contributed by atoms with E-state index in [0.717, 1.165) is 11.3 Å². The zero-order valence-corrected chi connectivity index (χ0v) is 11.9. The summed E-state index contributed by atoms with van der Waals surface area (Å²) in [6, 6.07) is 14.1. The lowest BCUT2D eigenvalue weighted by Crippen LogP contribution is -1.99. The van der Waals surface area contributed by atoms with Gasteiger partial charge in [-0.2, -0.15) is 4.98 Å². The van der Waals surface area contributed by atoms with E-state index >= 15 is 0 Å². The summed E-state index contributed by atoms with van der Waals surface area (Å²) in [6.45, 7) is 0.496. The van der Waals surface area contributed by atoms with Gasteiger partial charge in [0.1, 0.15) is 11.6 Å². The SMILES string of the molecule is COc1cccc(CNc2nc(-c3ccccc3F)no2)c1. The van der Waals surface area contributed by atoms with Gasteiger partial charge in [-0.3, -0.25) is 0 Å². The third-order valence-corrected chi connectivity index (χ3v) is 3.12. The first-order chi connectivity index (χ1) is 10.8.